The third kappa shape index (κ3) is 6.10. The third-order valence-corrected chi connectivity index (χ3v) is 4.73. The summed E-state index contributed by atoms with van der Waals surface area (Å²) in [6.45, 7) is 1.82. The van der Waals surface area contributed by atoms with Crippen molar-refractivity contribution >= 4 is 35.6 Å². The fourth-order valence-electron chi connectivity index (χ4n) is 2.48. The lowest BCUT2D eigenvalue weighted by molar-refractivity contribution is -0.137. The molecular weight excluding hydrogens is 338 g/mol. The summed E-state index contributed by atoms with van der Waals surface area (Å²) in [6, 6.07) is 3.34. The topological polar surface area (TPSA) is 84.7 Å². The number of rotatable bonds is 6. The molecule has 2 rings (SSSR count). The van der Waals surface area contributed by atoms with Gasteiger partial charge in [-0.05, 0) is 30.2 Å². The zero-order valence-electron chi connectivity index (χ0n) is 13.2. The van der Waals surface area contributed by atoms with Crippen LogP contribution < -0.4 is 11.1 Å². The highest BCUT2D eigenvalue weighted by Gasteiger charge is 2.29. The largest absolute Gasteiger partial charge is 0.381 e. The van der Waals surface area contributed by atoms with E-state index in [1.165, 1.54) is 4.90 Å². The van der Waals surface area contributed by atoms with Gasteiger partial charge in [-0.2, -0.15) is 0 Å². The van der Waals surface area contributed by atoms with Crippen molar-refractivity contribution in [2.45, 2.75) is 25.4 Å². The van der Waals surface area contributed by atoms with Crippen molar-refractivity contribution in [1.82, 2.24) is 10.2 Å². The third-order valence-electron chi connectivity index (χ3n) is 3.86. The van der Waals surface area contributed by atoms with E-state index in [0.717, 1.165) is 17.7 Å². The summed E-state index contributed by atoms with van der Waals surface area (Å²) >= 11 is 1.59. The van der Waals surface area contributed by atoms with Gasteiger partial charge in [-0.1, -0.05) is 6.07 Å². The molecule has 1 aliphatic heterocycles. The van der Waals surface area contributed by atoms with E-state index in [1.807, 2.05) is 17.5 Å². The molecule has 2 amide bonds. The summed E-state index contributed by atoms with van der Waals surface area (Å²) < 4.78 is 5.28. The van der Waals surface area contributed by atoms with Gasteiger partial charge in [0.05, 0.1) is 19.1 Å². The van der Waals surface area contributed by atoms with E-state index in [4.69, 9.17) is 10.5 Å². The fourth-order valence-corrected chi connectivity index (χ4v) is 3.12. The summed E-state index contributed by atoms with van der Waals surface area (Å²) in [6.07, 6.45) is 1.59. The van der Waals surface area contributed by atoms with Crippen LogP contribution in [0.5, 0.6) is 0 Å². The second kappa shape index (κ2) is 9.87. The molecular formula is C15H24ClN3O3S. The van der Waals surface area contributed by atoms with Crippen molar-refractivity contribution in [2.24, 2.45) is 11.7 Å². The SMILES string of the molecule is CN(CC(=O)NCc1cccs1)C(=O)C(N)C1CCOCC1.Cl. The van der Waals surface area contributed by atoms with Gasteiger partial charge >= 0.3 is 0 Å². The highest BCUT2D eigenvalue weighted by Crippen LogP contribution is 2.18. The first kappa shape index (κ1) is 19.9. The van der Waals surface area contributed by atoms with Crippen LogP contribution in [0.4, 0.5) is 0 Å². The smallest absolute Gasteiger partial charge is 0.239 e. The molecule has 1 saturated heterocycles. The lowest BCUT2D eigenvalue weighted by atomic mass is 9.91. The van der Waals surface area contributed by atoms with Crippen LogP contribution in [0.25, 0.3) is 0 Å². The molecule has 6 nitrogen and oxygen atoms in total. The van der Waals surface area contributed by atoms with E-state index < -0.39 is 6.04 Å². The summed E-state index contributed by atoms with van der Waals surface area (Å²) in [5, 5.41) is 4.77. The predicted octanol–water partition coefficient (Wildman–Crippen LogP) is 0.998. The zero-order chi connectivity index (χ0) is 15.9. The van der Waals surface area contributed by atoms with Gasteiger partial charge in [0.25, 0.3) is 0 Å². The standard InChI is InChI=1S/C15H23N3O3S.ClH/c1-18(10-13(19)17-9-12-3-2-8-22-12)15(20)14(16)11-4-6-21-7-5-11;/h2-3,8,11,14H,4-7,9-10,16H2,1H3,(H,17,19);1H. The second-order valence-corrected chi connectivity index (χ2v) is 6.56. The van der Waals surface area contributed by atoms with Crippen molar-refractivity contribution in [3.8, 4) is 0 Å². The number of hydrogen-bond donors (Lipinski definition) is 2. The number of hydrogen-bond acceptors (Lipinski definition) is 5. The first-order valence-electron chi connectivity index (χ1n) is 7.45. The zero-order valence-corrected chi connectivity index (χ0v) is 14.8. The van der Waals surface area contributed by atoms with Crippen LogP contribution in [-0.2, 0) is 20.9 Å². The van der Waals surface area contributed by atoms with Crippen LogP contribution in [0.3, 0.4) is 0 Å². The number of carbonyl (C=O) groups is 2. The van der Waals surface area contributed by atoms with Gasteiger partial charge < -0.3 is 20.7 Å². The summed E-state index contributed by atoms with van der Waals surface area (Å²) in [4.78, 5) is 26.7. The molecule has 1 aliphatic rings. The molecule has 1 fully saturated rings. The number of nitrogens with zero attached hydrogens (tertiary/aromatic N) is 1. The molecule has 23 heavy (non-hydrogen) atoms. The molecule has 3 N–H and O–H groups in total. The molecule has 0 aromatic carbocycles. The highest BCUT2D eigenvalue weighted by atomic mass is 35.5. The quantitative estimate of drug-likeness (QED) is 0.791. The molecule has 8 heteroatoms. The first-order chi connectivity index (χ1) is 10.6. The molecule has 1 unspecified atom stereocenters. The second-order valence-electron chi connectivity index (χ2n) is 5.53. The monoisotopic (exact) mass is 361 g/mol. The Morgan fingerprint density at radius 3 is 2.78 bits per heavy atom. The van der Waals surface area contributed by atoms with E-state index in [-0.39, 0.29) is 36.7 Å². The number of likely N-dealkylation sites (N-methyl/N-ethyl adjacent to an activating group) is 1. The van der Waals surface area contributed by atoms with Crippen molar-refractivity contribution < 1.29 is 14.3 Å². The Bertz CT molecular complexity index is 492. The van der Waals surface area contributed by atoms with Gasteiger partial charge in [0.1, 0.15) is 0 Å². The number of nitrogens with one attached hydrogen (secondary N) is 1. The normalized spacial score (nSPS) is 16.3. The lowest BCUT2D eigenvalue weighted by Crippen LogP contribution is -2.50. The van der Waals surface area contributed by atoms with Gasteiger partial charge in [0.2, 0.25) is 11.8 Å². The Hall–Kier alpha value is -1.15. The van der Waals surface area contributed by atoms with Crippen molar-refractivity contribution in [3.05, 3.63) is 22.4 Å². The molecule has 130 valence electrons. The number of halogens is 1. The Labute approximate surface area is 146 Å². The van der Waals surface area contributed by atoms with Gasteiger partial charge in [-0.3, -0.25) is 9.59 Å². The van der Waals surface area contributed by atoms with Crippen molar-refractivity contribution in [2.75, 3.05) is 26.8 Å². The molecule has 1 aromatic heterocycles. The van der Waals surface area contributed by atoms with Crippen LogP contribution in [0.15, 0.2) is 17.5 Å². The Kier molecular flexibility index (Phi) is 8.54. The molecule has 1 atom stereocenters. The van der Waals surface area contributed by atoms with Gasteiger partial charge in [-0.15, -0.1) is 23.7 Å². The molecule has 0 spiro atoms. The van der Waals surface area contributed by atoms with Gasteiger partial charge in [0.15, 0.2) is 0 Å². The number of thiophene rings is 1. The highest BCUT2D eigenvalue weighted by molar-refractivity contribution is 7.09. The summed E-state index contributed by atoms with van der Waals surface area (Å²) in [5.74, 6) is -0.223. The number of nitrogens with two attached hydrogens (primary N) is 1. The molecule has 1 aromatic rings. The predicted molar refractivity (Wildman–Crippen MR) is 92.6 cm³/mol. The van der Waals surface area contributed by atoms with Crippen LogP contribution >= 0.6 is 23.7 Å². The average molecular weight is 362 g/mol. The van der Waals surface area contributed by atoms with Crippen LogP contribution in [0.1, 0.15) is 17.7 Å². The molecule has 0 bridgehead atoms. The minimum Gasteiger partial charge on any atom is -0.381 e. The van der Waals surface area contributed by atoms with Crippen LogP contribution in [-0.4, -0.2) is 49.6 Å². The maximum Gasteiger partial charge on any atom is 0.239 e. The van der Waals surface area contributed by atoms with E-state index >= 15 is 0 Å². The minimum absolute atomic E-state index is 0. The van der Waals surface area contributed by atoms with E-state index in [0.29, 0.717) is 19.8 Å². The van der Waals surface area contributed by atoms with E-state index in [1.54, 1.807) is 18.4 Å². The lowest BCUT2D eigenvalue weighted by Gasteiger charge is -2.29. The Morgan fingerprint density at radius 1 is 1.48 bits per heavy atom. The number of carbonyl (C=O) groups excluding carboxylic acids is 2. The Morgan fingerprint density at radius 2 is 2.17 bits per heavy atom. The van der Waals surface area contributed by atoms with Crippen LogP contribution in [0, 0.1) is 5.92 Å². The summed E-state index contributed by atoms with van der Waals surface area (Å²) in [7, 11) is 1.62. The van der Waals surface area contributed by atoms with Crippen molar-refractivity contribution in [3.63, 3.8) is 0 Å². The van der Waals surface area contributed by atoms with E-state index in [2.05, 4.69) is 5.32 Å². The molecule has 2 heterocycles. The van der Waals surface area contributed by atoms with Gasteiger partial charge in [0, 0.05) is 25.1 Å². The number of ether oxygens (including phenoxy) is 1. The average Bonchev–Trinajstić information content (AvgIpc) is 3.05. The Balaban J connectivity index is 0.00000264. The maximum absolute atomic E-state index is 12.3. The number of amides is 2. The van der Waals surface area contributed by atoms with Gasteiger partial charge in [-0.25, -0.2) is 0 Å². The maximum atomic E-state index is 12.3. The minimum atomic E-state index is -0.556. The fraction of sp³-hybridized carbons (Fsp3) is 0.600. The van der Waals surface area contributed by atoms with Crippen LogP contribution in [0.2, 0.25) is 0 Å². The van der Waals surface area contributed by atoms with Crippen molar-refractivity contribution in [1.29, 1.82) is 0 Å². The first-order valence-corrected chi connectivity index (χ1v) is 8.33. The summed E-state index contributed by atoms with van der Waals surface area (Å²) in [5.41, 5.74) is 6.04. The molecule has 0 saturated carbocycles. The van der Waals surface area contributed by atoms with E-state index in [9.17, 15) is 9.59 Å². The molecule has 0 radical (unpaired) electrons. The molecule has 0 aliphatic carbocycles.